The molecule has 1 unspecified atom stereocenters. The second kappa shape index (κ2) is 14.1. The Hall–Kier alpha value is -3.10. The molecule has 1 aromatic carbocycles. The van der Waals surface area contributed by atoms with Crippen molar-refractivity contribution >= 4 is 39.1 Å². The quantitative estimate of drug-likeness (QED) is 0.336. The molecular weight excluding hydrogens is 613 g/mol. The number of hydrogen-bond donors (Lipinski definition) is 1. The van der Waals surface area contributed by atoms with Crippen LogP contribution in [0.5, 0.6) is 5.75 Å². The fourth-order valence-corrected chi connectivity index (χ4v) is 5.60. The zero-order valence-electron chi connectivity index (χ0n) is 24.1. The Morgan fingerprint density at radius 1 is 1.09 bits per heavy atom. The number of hydrogen-bond acceptors (Lipinski definition) is 8. The van der Waals surface area contributed by atoms with Gasteiger partial charge in [0.1, 0.15) is 23.3 Å². The number of benzene rings is 1. The lowest BCUT2D eigenvalue weighted by Crippen LogP contribution is -2.45. The number of rotatable bonds is 11. The van der Waals surface area contributed by atoms with E-state index in [-0.39, 0.29) is 42.1 Å². The van der Waals surface area contributed by atoms with E-state index in [1.165, 1.54) is 40.4 Å². The van der Waals surface area contributed by atoms with E-state index in [1.54, 1.807) is 32.9 Å². The standard InChI is InChI=1S/C28H36ClF3N4O6S/c1-27(2,3)42-26(38)36(22-8-11-34-12-9-22)14-15-41-23-17-19(16-20(29)18-23)25(37)35(21-6-4-5-7-21)13-10-24(33)43(39,40)28(30,31)32/h8-9,11-12,16-18,21,24H,4-7,10,13-15,33H2,1-3H3. The molecule has 1 aliphatic rings. The van der Waals surface area contributed by atoms with Gasteiger partial charge in [0, 0.05) is 35.6 Å². The van der Waals surface area contributed by atoms with Crippen molar-refractivity contribution in [2.45, 2.75) is 75.4 Å². The van der Waals surface area contributed by atoms with Gasteiger partial charge in [-0.3, -0.25) is 14.7 Å². The highest BCUT2D eigenvalue weighted by atomic mass is 35.5. The number of carbonyl (C=O) groups excluding carboxylic acids is 2. The molecule has 2 amide bonds. The first-order chi connectivity index (χ1) is 20.0. The Morgan fingerprint density at radius 2 is 1.72 bits per heavy atom. The lowest BCUT2D eigenvalue weighted by Gasteiger charge is -2.30. The minimum atomic E-state index is -5.59. The van der Waals surface area contributed by atoms with E-state index in [2.05, 4.69) is 4.98 Å². The van der Waals surface area contributed by atoms with Crippen LogP contribution in [0, 0.1) is 0 Å². The number of sulfone groups is 1. The number of aromatic nitrogens is 1. The highest BCUT2D eigenvalue weighted by Gasteiger charge is 2.49. The van der Waals surface area contributed by atoms with Crippen LogP contribution in [0.15, 0.2) is 42.7 Å². The number of carbonyl (C=O) groups is 2. The number of alkyl halides is 3. The van der Waals surface area contributed by atoms with Crippen LogP contribution in [-0.4, -0.2) is 72.5 Å². The summed E-state index contributed by atoms with van der Waals surface area (Å²) >= 11 is 6.29. The van der Waals surface area contributed by atoms with Gasteiger partial charge in [-0.15, -0.1) is 0 Å². The first-order valence-corrected chi connectivity index (χ1v) is 15.6. The molecule has 1 saturated carbocycles. The maximum atomic E-state index is 13.6. The highest BCUT2D eigenvalue weighted by Crippen LogP contribution is 2.30. The van der Waals surface area contributed by atoms with Crippen molar-refractivity contribution in [2.75, 3.05) is 24.6 Å². The smallest absolute Gasteiger partial charge is 0.492 e. The fraction of sp³-hybridized carbons (Fsp3) is 0.536. The fourth-order valence-electron chi connectivity index (χ4n) is 4.62. The van der Waals surface area contributed by atoms with E-state index in [4.69, 9.17) is 26.8 Å². The molecule has 238 valence electrons. The third kappa shape index (κ3) is 9.44. The SMILES string of the molecule is CC(C)(C)OC(=O)N(CCOc1cc(Cl)cc(C(=O)N(CCC(N)S(=O)(=O)C(F)(F)F)C2CCCC2)c1)c1ccncc1. The number of nitrogens with zero attached hydrogens (tertiary/aromatic N) is 3. The summed E-state index contributed by atoms with van der Waals surface area (Å²) in [6.07, 6.45) is 4.74. The molecule has 0 aliphatic heterocycles. The van der Waals surface area contributed by atoms with E-state index in [0.29, 0.717) is 18.5 Å². The Morgan fingerprint density at radius 3 is 2.30 bits per heavy atom. The summed E-state index contributed by atoms with van der Waals surface area (Å²) in [5.74, 6) is -0.319. The van der Waals surface area contributed by atoms with Crippen molar-refractivity contribution in [2.24, 2.45) is 5.73 Å². The van der Waals surface area contributed by atoms with Crippen molar-refractivity contribution in [1.82, 2.24) is 9.88 Å². The predicted molar refractivity (Wildman–Crippen MR) is 156 cm³/mol. The summed E-state index contributed by atoms with van der Waals surface area (Å²) in [4.78, 5) is 33.2. The van der Waals surface area contributed by atoms with Crippen LogP contribution in [0.25, 0.3) is 0 Å². The molecule has 10 nitrogen and oxygen atoms in total. The van der Waals surface area contributed by atoms with Gasteiger partial charge in [-0.2, -0.15) is 13.2 Å². The molecule has 43 heavy (non-hydrogen) atoms. The number of ether oxygens (including phenoxy) is 2. The van der Waals surface area contributed by atoms with Gasteiger partial charge in [0.2, 0.25) is 0 Å². The lowest BCUT2D eigenvalue weighted by atomic mass is 10.1. The normalized spacial score (nSPS) is 15.2. The first-order valence-electron chi connectivity index (χ1n) is 13.7. The third-order valence-corrected chi connectivity index (χ3v) is 8.59. The summed E-state index contributed by atoms with van der Waals surface area (Å²) < 4.78 is 73.8. The average Bonchev–Trinajstić information content (AvgIpc) is 3.44. The largest absolute Gasteiger partial charge is 0.498 e. The molecule has 15 heteroatoms. The maximum absolute atomic E-state index is 13.6. The minimum absolute atomic E-state index is 0.00790. The van der Waals surface area contributed by atoms with Crippen LogP contribution in [0.3, 0.4) is 0 Å². The first kappa shape index (κ1) is 34.4. The van der Waals surface area contributed by atoms with Crippen LogP contribution in [0.4, 0.5) is 23.7 Å². The molecule has 1 aromatic heterocycles. The second-order valence-corrected chi connectivity index (χ2v) is 13.7. The number of anilines is 1. The number of pyridine rings is 1. The van der Waals surface area contributed by atoms with Crippen LogP contribution in [-0.2, 0) is 14.6 Å². The van der Waals surface area contributed by atoms with E-state index in [0.717, 1.165) is 12.8 Å². The molecule has 0 bridgehead atoms. The van der Waals surface area contributed by atoms with Gasteiger partial charge in [0.15, 0.2) is 0 Å². The molecule has 3 rings (SSSR count). The van der Waals surface area contributed by atoms with Crippen molar-refractivity contribution in [1.29, 1.82) is 0 Å². The van der Waals surface area contributed by atoms with Gasteiger partial charge in [-0.25, -0.2) is 13.2 Å². The van der Waals surface area contributed by atoms with Crippen LogP contribution in [0.2, 0.25) is 5.02 Å². The second-order valence-electron chi connectivity index (χ2n) is 11.1. The zero-order chi connectivity index (χ0) is 32.0. The van der Waals surface area contributed by atoms with E-state index in [9.17, 15) is 31.2 Å². The van der Waals surface area contributed by atoms with Gasteiger partial charge < -0.3 is 20.1 Å². The lowest BCUT2D eigenvalue weighted by molar-refractivity contribution is -0.0445. The molecule has 1 aliphatic carbocycles. The maximum Gasteiger partial charge on any atom is 0.498 e. The number of amides is 2. The summed E-state index contributed by atoms with van der Waals surface area (Å²) in [5.41, 5.74) is -0.168. The van der Waals surface area contributed by atoms with Crippen molar-refractivity contribution in [3.8, 4) is 5.75 Å². The van der Waals surface area contributed by atoms with Gasteiger partial charge in [-0.1, -0.05) is 24.4 Å². The Bertz CT molecular complexity index is 1370. The number of halogens is 4. The summed E-state index contributed by atoms with van der Waals surface area (Å²) in [6.45, 7) is 5.01. The summed E-state index contributed by atoms with van der Waals surface area (Å²) in [6, 6.07) is 7.31. The Kier molecular flexibility index (Phi) is 11.3. The van der Waals surface area contributed by atoms with Gasteiger partial charge in [0.05, 0.1) is 12.2 Å². The van der Waals surface area contributed by atoms with Gasteiger partial charge in [-0.05, 0) is 70.4 Å². The van der Waals surface area contributed by atoms with Crippen LogP contribution < -0.4 is 15.4 Å². The third-order valence-electron chi connectivity index (χ3n) is 6.69. The molecule has 0 radical (unpaired) electrons. The molecule has 0 spiro atoms. The van der Waals surface area contributed by atoms with E-state index < -0.39 is 44.7 Å². The molecular formula is C28H36ClF3N4O6S. The minimum Gasteiger partial charge on any atom is -0.492 e. The number of nitrogens with two attached hydrogens (primary N) is 1. The monoisotopic (exact) mass is 648 g/mol. The molecule has 1 fully saturated rings. The topological polar surface area (TPSA) is 132 Å². The van der Waals surface area contributed by atoms with Gasteiger partial charge >= 0.3 is 11.6 Å². The zero-order valence-corrected chi connectivity index (χ0v) is 25.7. The van der Waals surface area contributed by atoms with Gasteiger partial charge in [0.25, 0.3) is 15.7 Å². The predicted octanol–water partition coefficient (Wildman–Crippen LogP) is 5.55. The summed E-state index contributed by atoms with van der Waals surface area (Å²) in [5, 5.41) is -2.04. The Balaban J connectivity index is 1.76. The van der Waals surface area contributed by atoms with E-state index in [1.807, 2.05) is 0 Å². The molecule has 0 saturated heterocycles. The Labute approximate surface area is 254 Å². The molecule has 1 atom stereocenters. The molecule has 1 heterocycles. The average molecular weight is 649 g/mol. The van der Waals surface area contributed by atoms with Crippen molar-refractivity contribution < 1.29 is 40.7 Å². The van der Waals surface area contributed by atoms with Crippen LogP contribution in [0.1, 0.15) is 63.2 Å². The van der Waals surface area contributed by atoms with Crippen molar-refractivity contribution in [3.05, 3.63) is 53.3 Å². The van der Waals surface area contributed by atoms with E-state index >= 15 is 0 Å². The highest BCUT2D eigenvalue weighted by molar-refractivity contribution is 7.92. The molecule has 2 aromatic rings. The van der Waals surface area contributed by atoms with Crippen LogP contribution >= 0.6 is 11.6 Å². The van der Waals surface area contributed by atoms with Crippen molar-refractivity contribution in [3.63, 3.8) is 0 Å². The summed E-state index contributed by atoms with van der Waals surface area (Å²) in [7, 11) is -5.59. The molecule has 2 N–H and O–H groups in total.